The quantitative estimate of drug-likeness (QED) is 0.482. The molecule has 0 unspecified atom stereocenters. The van der Waals surface area contributed by atoms with Gasteiger partial charge in [-0.1, -0.05) is 35.5 Å². The molecular formula is C16H16BrNO3. The fraction of sp³-hybridized carbons (Fsp3) is 0.188. The van der Waals surface area contributed by atoms with Crippen molar-refractivity contribution in [3.63, 3.8) is 0 Å². The van der Waals surface area contributed by atoms with E-state index in [-0.39, 0.29) is 0 Å². The number of benzene rings is 2. The van der Waals surface area contributed by atoms with Crippen molar-refractivity contribution in [2.24, 2.45) is 5.16 Å². The van der Waals surface area contributed by atoms with Crippen molar-refractivity contribution >= 4 is 22.1 Å². The minimum absolute atomic E-state index is 0.459. The summed E-state index contributed by atoms with van der Waals surface area (Å²) in [6, 6.07) is 13.5. The van der Waals surface area contributed by atoms with Gasteiger partial charge in [0, 0.05) is 10.0 Å². The van der Waals surface area contributed by atoms with Crippen LogP contribution in [-0.2, 0) is 6.61 Å². The fourth-order valence-corrected chi connectivity index (χ4v) is 2.25. The zero-order chi connectivity index (χ0) is 15.1. The Kier molecular flexibility index (Phi) is 5.63. The standard InChI is InChI=1S/C16H16BrNO3/c1-2-20-15-8-13(10-18-19)14(17)9-16(15)21-11-12-6-4-3-5-7-12/h3-10,19H,2,11H2,1H3/b18-10+. The Hall–Kier alpha value is -2.01. The molecule has 0 aromatic heterocycles. The van der Waals surface area contributed by atoms with E-state index in [4.69, 9.17) is 14.7 Å². The molecule has 0 aliphatic carbocycles. The van der Waals surface area contributed by atoms with E-state index in [1.54, 1.807) is 6.07 Å². The lowest BCUT2D eigenvalue weighted by Crippen LogP contribution is -2.01. The first kappa shape index (κ1) is 15.4. The number of hydrogen-bond donors (Lipinski definition) is 1. The maximum Gasteiger partial charge on any atom is 0.162 e. The van der Waals surface area contributed by atoms with Gasteiger partial charge in [0.05, 0.1) is 12.8 Å². The van der Waals surface area contributed by atoms with E-state index >= 15 is 0 Å². The summed E-state index contributed by atoms with van der Waals surface area (Å²) in [6.07, 6.45) is 1.34. The number of hydrogen-bond acceptors (Lipinski definition) is 4. The summed E-state index contributed by atoms with van der Waals surface area (Å²) in [4.78, 5) is 0. The molecule has 1 N–H and O–H groups in total. The van der Waals surface area contributed by atoms with Crippen molar-refractivity contribution in [3.05, 3.63) is 58.1 Å². The van der Waals surface area contributed by atoms with Crippen LogP contribution in [0, 0.1) is 0 Å². The molecule has 2 aromatic rings. The van der Waals surface area contributed by atoms with E-state index in [0.717, 1.165) is 10.0 Å². The minimum atomic E-state index is 0.459. The zero-order valence-electron chi connectivity index (χ0n) is 11.6. The average molecular weight is 350 g/mol. The number of nitrogens with zero attached hydrogens (tertiary/aromatic N) is 1. The van der Waals surface area contributed by atoms with Crippen LogP contribution in [0.3, 0.4) is 0 Å². The van der Waals surface area contributed by atoms with Gasteiger partial charge in [0.15, 0.2) is 11.5 Å². The Morgan fingerprint density at radius 1 is 1.14 bits per heavy atom. The minimum Gasteiger partial charge on any atom is -0.490 e. The van der Waals surface area contributed by atoms with Gasteiger partial charge in [-0.2, -0.15) is 0 Å². The van der Waals surface area contributed by atoms with Crippen molar-refractivity contribution in [1.29, 1.82) is 0 Å². The van der Waals surface area contributed by atoms with Gasteiger partial charge >= 0.3 is 0 Å². The van der Waals surface area contributed by atoms with E-state index in [9.17, 15) is 0 Å². The number of oxime groups is 1. The first-order valence-electron chi connectivity index (χ1n) is 6.55. The molecular weight excluding hydrogens is 334 g/mol. The van der Waals surface area contributed by atoms with E-state index in [2.05, 4.69) is 21.1 Å². The van der Waals surface area contributed by atoms with Gasteiger partial charge in [0.1, 0.15) is 6.61 Å². The van der Waals surface area contributed by atoms with Crippen molar-refractivity contribution < 1.29 is 14.7 Å². The van der Waals surface area contributed by atoms with E-state index in [0.29, 0.717) is 30.3 Å². The molecule has 0 fully saturated rings. The molecule has 0 spiro atoms. The first-order chi connectivity index (χ1) is 10.2. The molecule has 2 rings (SSSR count). The van der Waals surface area contributed by atoms with Gasteiger partial charge in [-0.15, -0.1) is 0 Å². The summed E-state index contributed by atoms with van der Waals surface area (Å²) in [5.41, 5.74) is 1.80. The molecule has 5 heteroatoms. The molecule has 0 radical (unpaired) electrons. The van der Waals surface area contributed by atoms with Crippen molar-refractivity contribution in [2.75, 3.05) is 6.61 Å². The molecule has 0 saturated carbocycles. The molecule has 0 bridgehead atoms. The number of rotatable bonds is 6. The van der Waals surface area contributed by atoms with Gasteiger partial charge < -0.3 is 14.7 Å². The van der Waals surface area contributed by atoms with E-state index in [1.807, 2.05) is 43.3 Å². The summed E-state index contributed by atoms with van der Waals surface area (Å²) >= 11 is 3.42. The summed E-state index contributed by atoms with van der Waals surface area (Å²) in [5.74, 6) is 1.26. The molecule has 2 aromatic carbocycles. The molecule has 0 heterocycles. The third kappa shape index (κ3) is 4.23. The van der Waals surface area contributed by atoms with Crippen LogP contribution in [0.4, 0.5) is 0 Å². The predicted octanol–water partition coefficient (Wildman–Crippen LogP) is 4.23. The summed E-state index contributed by atoms with van der Waals surface area (Å²) in [5, 5.41) is 11.7. The second-order valence-corrected chi connectivity index (χ2v) is 5.13. The van der Waals surface area contributed by atoms with Gasteiger partial charge in [0.2, 0.25) is 0 Å². The average Bonchev–Trinajstić information content (AvgIpc) is 2.50. The highest BCUT2D eigenvalue weighted by Crippen LogP contribution is 2.33. The van der Waals surface area contributed by atoms with Gasteiger partial charge in [-0.25, -0.2) is 0 Å². The van der Waals surface area contributed by atoms with Gasteiger partial charge in [0.25, 0.3) is 0 Å². The largest absolute Gasteiger partial charge is 0.490 e. The summed E-state index contributed by atoms with van der Waals surface area (Å²) < 4.78 is 12.2. The molecule has 4 nitrogen and oxygen atoms in total. The van der Waals surface area contributed by atoms with Crippen LogP contribution in [0.25, 0.3) is 0 Å². The zero-order valence-corrected chi connectivity index (χ0v) is 13.2. The molecule has 0 atom stereocenters. The summed E-state index contributed by atoms with van der Waals surface area (Å²) in [7, 11) is 0. The smallest absolute Gasteiger partial charge is 0.162 e. The topological polar surface area (TPSA) is 51.0 Å². The molecule has 0 saturated heterocycles. The van der Waals surface area contributed by atoms with Crippen molar-refractivity contribution in [2.45, 2.75) is 13.5 Å². The van der Waals surface area contributed by atoms with Gasteiger partial charge in [-0.05, 0) is 40.5 Å². The molecule has 0 aliphatic rings. The van der Waals surface area contributed by atoms with Crippen LogP contribution >= 0.6 is 15.9 Å². The van der Waals surface area contributed by atoms with Crippen LogP contribution in [0.1, 0.15) is 18.1 Å². The van der Waals surface area contributed by atoms with Crippen molar-refractivity contribution in [1.82, 2.24) is 0 Å². The van der Waals surface area contributed by atoms with Crippen LogP contribution in [0.5, 0.6) is 11.5 Å². The van der Waals surface area contributed by atoms with Gasteiger partial charge in [-0.3, -0.25) is 0 Å². The Morgan fingerprint density at radius 3 is 2.52 bits per heavy atom. The van der Waals surface area contributed by atoms with Crippen molar-refractivity contribution in [3.8, 4) is 11.5 Å². The van der Waals surface area contributed by atoms with Crippen LogP contribution in [0.2, 0.25) is 0 Å². The molecule has 21 heavy (non-hydrogen) atoms. The highest BCUT2D eigenvalue weighted by Gasteiger charge is 2.10. The van der Waals surface area contributed by atoms with E-state index < -0.39 is 0 Å². The first-order valence-corrected chi connectivity index (χ1v) is 7.34. The maximum atomic E-state index is 8.66. The lowest BCUT2D eigenvalue weighted by Gasteiger charge is -2.13. The second kappa shape index (κ2) is 7.69. The third-order valence-electron chi connectivity index (χ3n) is 2.80. The maximum absolute atomic E-state index is 8.66. The monoisotopic (exact) mass is 349 g/mol. The summed E-state index contributed by atoms with van der Waals surface area (Å²) in [6.45, 7) is 2.89. The second-order valence-electron chi connectivity index (χ2n) is 4.27. The molecule has 0 amide bonds. The Labute approximate surface area is 132 Å². The molecule has 0 aliphatic heterocycles. The Morgan fingerprint density at radius 2 is 1.86 bits per heavy atom. The SMILES string of the molecule is CCOc1cc(/C=N/O)c(Br)cc1OCc1ccccc1. The Balaban J connectivity index is 2.22. The van der Waals surface area contributed by atoms with Crippen LogP contribution in [0.15, 0.2) is 52.1 Å². The lowest BCUT2D eigenvalue weighted by atomic mass is 10.2. The highest BCUT2D eigenvalue weighted by molar-refractivity contribution is 9.10. The predicted molar refractivity (Wildman–Crippen MR) is 85.5 cm³/mol. The normalized spacial score (nSPS) is 10.8. The fourth-order valence-electron chi connectivity index (χ4n) is 1.83. The van der Waals surface area contributed by atoms with E-state index in [1.165, 1.54) is 6.21 Å². The van der Waals surface area contributed by atoms with Crippen LogP contribution < -0.4 is 9.47 Å². The number of halogens is 1. The number of ether oxygens (including phenoxy) is 2. The third-order valence-corrected chi connectivity index (χ3v) is 3.48. The lowest BCUT2D eigenvalue weighted by molar-refractivity contribution is 0.269. The Bertz CT molecular complexity index is 614. The van der Waals surface area contributed by atoms with Crippen LogP contribution in [-0.4, -0.2) is 18.0 Å². The highest BCUT2D eigenvalue weighted by atomic mass is 79.9. The molecule has 110 valence electrons.